The summed E-state index contributed by atoms with van der Waals surface area (Å²) in [5.74, 6) is 0. The summed E-state index contributed by atoms with van der Waals surface area (Å²) in [6, 6.07) is 6.38. The van der Waals surface area contributed by atoms with Crippen molar-refractivity contribution in [1.29, 1.82) is 0 Å². The van der Waals surface area contributed by atoms with E-state index in [1.165, 1.54) is 27.8 Å². The van der Waals surface area contributed by atoms with Gasteiger partial charge < -0.3 is 0 Å². The van der Waals surface area contributed by atoms with Crippen LogP contribution >= 0.6 is 22.9 Å². The molecule has 1 nitrogen and oxygen atoms in total. The number of aromatic nitrogens is 1. The summed E-state index contributed by atoms with van der Waals surface area (Å²) >= 11 is 8.01. The van der Waals surface area contributed by atoms with Gasteiger partial charge in [-0.05, 0) is 50.5 Å². The zero-order valence-electron chi connectivity index (χ0n) is 12.0. The molecule has 0 spiro atoms. The van der Waals surface area contributed by atoms with E-state index in [4.69, 9.17) is 16.6 Å². The highest BCUT2D eigenvalue weighted by Gasteiger charge is 2.15. The first-order valence-corrected chi connectivity index (χ1v) is 7.85. The first-order chi connectivity index (χ1) is 9.47. The Bertz CT molecular complexity index is 794. The quantitative estimate of drug-likeness (QED) is 0.549. The summed E-state index contributed by atoms with van der Waals surface area (Å²) in [6.45, 7) is 8.45. The number of nitrogens with zero attached hydrogens (tertiary/aromatic N) is 1. The van der Waals surface area contributed by atoms with Crippen LogP contribution in [-0.4, -0.2) is 4.98 Å². The average Bonchev–Trinajstić information content (AvgIpc) is 2.72. The molecule has 0 radical (unpaired) electrons. The van der Waals surface area contributed by atoms with Crippen LogP contribution in [0.3, 0.4) is 0 Å². The summed E-state index contributed by atoms with van der Waals surface area (Å²) in [4.78, 5) is 4.70. The molecule has 3 rings (SSSR count). The topological polar surface area (TPSA) is 12.9 Å². The highest BCUT2D eigenvalue weighted by Crippen LogP contribution is 2.39. The van der Waals surface area contributed by atoms with Gasteiger partial charge >= 0.3 is 0 Å². The van der Waals surface area contributed by atoms with Crippen molar-refractivity contribution in [2.24, 2.45) is 0 Å². The van der Waals surface area contributed by atoms with Gasteiger partial charge in [0.05, 0.1) is 15.2 Å². The van der Waals surface area contributed by atoms with E-state index in [0.29, 0.717) is 0 Å². The lowest BCUT2D eigenvalue weighted by Crippen LogP contribution is -1.91. The molecule has 3 heteroatoms. The zero-order chi connectivity index (χ0) is 14.4. The van der Waals surface area contributed by atoms with Crippen LogP contribution in [0.4, 0.5) is 0 Å². The van der Waals surface area contributed by atoms with Crippen molar-refractivity contribution in [3.8, 4) is 11.1 Å². The van der Waals surface area contributed by atoms with Crippen LogP contribution < -0.4 is 0 Å². The SMILES string of the molecule is Cc1cc(C)c(-c2csc3c(Cl)cc(C)nc23)c(C)c1. The van der Waals surface area contributed by atoms with Crippen LogP contribution in [-0.2, 0) is 0 Å². The maximum atomic E-state index is 6.34. The molecule has 102 valence electrons. The van der Waals surface area contributed by atoms with Crippen LogP contribution in [0, 0.1) is 27.7 Å². The Hall–Kier alpha value is -1.38. The lowest BCUT2D eigenvalue weighted by atomic mass is 9.95. The van der Waals surface area contributed by atoms with Crippen LogP contribution in [0.5, 0.6) is 0 Å². The molecule has 0 atom stereocenters. The largest absolute Gasteiger partial charge is 0.251 e. The second-order valence-corrected chi connectivity index (χ2v) is 6.63. The van der Waals surface area contributed by atoms with Gasteiger partial charge in [-0.2, -0.15) is 0 Å². The molecule has 0 saturated heterocycles. The molecule has 3 aromatic rings. The summed E-state index contributed by atoms with van der Waals surface area (Å²) in [5.41, 5.74) is 8.36. The molecule has 0 bridgehead atoms. The Kier molecular flexibility index (Phi) is 3.31. The molecule has 0 aliphatic carbocycles. The molecule has 0 amide bonds. The molecule has 0 fully saturated rings. The van der Waals surface area contributed by atoms with E-state index < -0.39 is 0 Å². The number of hydrogen-bond acceptors (Lipinski definition) is 2. The van der Waals surface area contributed by atoms with E-state index >= 15 is 0 Å². The third-order valence-electron chi connectivity index (χ3n) is 3.55. The Morgan fingerprint density at radius 1 is 1.00 bits per heavy atom. The maximum Gasteiger partial charge on any atom is 0.0906 e. The Labute approximate surface area is 128 Å². The Balaban J connectivity index is 2.36. The number of rotatable bonds is 1. The predicted octanol–water partition coefficient (Wildman–Crippen LogP) is 5.85. The summed E-state index contributed by atoms with van der Waals surface area (Å²) in [7, 11) is 0. The van der Waals surface area contributed by atoms with Crippen molar-refractivity contribution in [2.45, 2.75) is 27.7 Å². The van der Waals surface area contributed by atoms with Gasteiger partial charge in [-0.25, -0.2) is 0 Å². The minimum atomic E-state index is 0.797. The minimum absolute atomic E-state index is 0.797. The highest BCUT2D eigenvalue weighted by atomic mass is 35.5. The summed E-state index contributed by atoms with van der Waals surface area (Å²) in [5, 5.41) is 2.97. The van der Waals surface area contributed by atoms with E-state index in [2.05, 4.69) is 38.3 Å². The smallest absolute Gasteiger partial charge is 0.0906 e. The molecule has 2 aromatic heterocycles. The molecular formula is C17H16ClNS. The van der Waals surface area contributed by atoms with Gasteiger partial charge in [-0.1, -0.05) is 29.3 Å². The fraction of sp³-hybridized carbons (Fsp3) is 0.235. The monoisotopic (exact) mass is 301 g/mol. The van der Waals surface area contributed by atoms with E-state index in [9.17, 15) is 0 Å². The number of pyridine rings is 1. The molecular weight excluding hydrogens is 286 g/mol. The maximum absolute atomic E-state index is 6.34. The van der Waals surface area contributed by atoms with Crippen LogP contribution in [0.2, 0.25) is 5.02 Å². The van der Waals surface area contributed by atoms with Gasteiger partial charge in [-0.15, -0.1) is 11.3 Å². The lowest BCUT2D eigenvalue weighted by molar-refractivity contribution is 1.26. The molecule has 0 unspecified atom stereocenters. The molecule has 0 saturated carbocycles. The van der Waals surface area contributed by atoms with Crippen molar-refractivity contribution < 1.29 is 0 Å². The van der Waals surface area contributed by atoms with E-state index in [-0.39, 0.29) is 0 Å². The number of thiophene rings is 1. The highest BCUT2D eigenvalue weighted by molar-refractivity contribution is 7.18. The Morgan fingerprint density at radius 2 is 1.65 bits per heavy atom. The lowest BCUT2D eigenvalue weighted by Gasteiger charge is -2.10. The third-order valence-corrected chi connectivity index (χ3v) is 4.96. The Morgan fingerprint density at radius 3 is 2.30 bits per heavy atom. The van der Waals surface area contributed by atoms with Gasteiger partial charge in [0.15, 0.2) is 0 Å². The van der Waals surface area contributed by atoms with Gasteiger partial charge in [0.25, 0.3) is 0 Å². The van der Waals surface area contributed by atoms with E-state index in [1.54, 1.807) is 11.3 Å². The molecule has 2 heterocycles. The summed E-state index contributed by atoms with van der Waals surface area (Å²) in [6.07, 6.45) is 0. The molecule has 0 N–H and O–H groups in total. The first kappa shape index (κ1) is 13.6. The van der Waals surface area contributed by atoms with Crippen LogP contribution in [0.1, 0.15) is 22.4 Å². The molecule has 0 aliphatic rings. The van der Waals surface area contributed by atoms with Crippen molar-refractivity contribution >= 4 is 33.2 Å². The van der Waals surface area contributed by atoms with Crippen LogP contribution in [0.15, 0.2) is 23.6 Å². The number of fused-ring (bicyclic) bond motifs is 1. The van der Waals surface area contributed by atoms with Crippen molar-refractivity contribution in [1.82, 2.24) is 4.98 Å². The zero-order valence-corrected chi connectivity index (χ0v) is 13.6. The third kappa shape index (κ3) is 2.13. The van der Waals surface area contributed by atoms with E-state index in [0.717, 1.165) is 20.9 Å². The minimum Gasteiger partial charge on any atom is -0.251 e. The van der Waals surface area contributed by atoms with Gasteiger partial charge in [0.1, 0.15) is 0 Å². The summed E-state index contributed by atoms with van der Waals surface area (Å²) < 4.78 is 1.08. The van der Waals surface area contributed by atoms with Gasteiger partial charge in [0.2, 0.25) is 0 Å². The fourth-order valence-electron chi connectivity index (χ4n) is 2.87. The van der Waals surface area contributed by atoms with Crippen molar-refractivity contribution in [2.75, 3.05) is 0 Å². The van der Waals surface area contributed by atoms with Crippen LogP contribution in [0.25, 0.3) is 21.3 Å². The number of halogens is 1. The number of hydrogen-bond donors (Lipinski definition) is 0. The second-order valence-electron chi connectivity index (χ2n) is 5.35. The fourth-order valence-corrected chi connectivity index (χ4v) is 4.16. The number of benzene rings is 1. The van der Waals surface area contributed by atoms with Gasteiger partial charge in [-0.3, -0.25) is 4.98 Å². The second kappa shape index (κ2) is 4.87. The standard InChI is InChI=1S/C17H16ClNS/c1-9-5-10(2)15(11(3)6-9)13-8-20-17-14(18)7-12(4)19-16(13)17/h5-8H,1-4H3. The van der Waals surface area contributed by atoms with Gasteiger partial charge in [0, 0.05) is 16.6 Å². The predicted molar refractivity (Wildman–Crippen MR) is 89.0 cm³/mol. The molecule has 20 heavy (non-hydrogen) atoms. The average molecular weight is 302 g/mol. The van der Waals surface area contributed by atoms with E-state index in [1.807, 2.05) is 13.0 Å². The molecule has 1 aromatic carbocycles. The normalized spacial score (nSPS) is 11.2. The van der Waals surface area contributed by atoms with Crippen molar-refractivity contribution in [3.05, 3.63) is 51.0 Å². The molecule has 0 aliphatic heterocycles. The first-order valence-electron chi connectivity index (χ1n) is 6.60. The van der Waals surface area contributed by atoms with Crippen molar-refractivity contribution in [3.63, 3.8) is 0 Å². The number of aryl methyl sites for hydroxylation is 4.